The van der Waals surface area contributed by atoms with E-state index in [1.807, 2.05) is 36.1 Å². The summed E-state index contributed by atoms with van der Waals surface area (Å²) in [5.41, 5.74) is 2.38. The Labute approximate surface area is 121 Å². The number of hydrogen-bond acceptors (Lipinski definition) is 3. The maximum absolute atomic E-state index is 5.35. The lowest BCUT2D eigenvalue weighted by Gasteiger charge is -2.10. The molecule has 0 atom stereocenters. The van der Waals surface area contributed by atoms with E-state index in [9.17, 15) is 0 Å². The zero-order valence-corrected chi connectivity index (χ0v) is 12.8. The highest BCUT2D eigenvalue weighted by Gasteiger charge is 2.03. The molecule has 1 heterocycles. The van der Waals surface area contributed by atoms with Crippen molar-refractivity contribution < 1.29 is 4.74 Å². The number of aryl methyl sites for hydroxylation is 1. The molecule has 102 valence electrons. The molecule has 1 aromatic heterocycles. The molecule has 0 saturated carbocycles. The Morgan fingerprint density at radius 1 is 1.37 bits per heavy atom. The third-order valence-electron chi connectivity index (χ3n) is 3.04. The van der Waals surface area contributed by atoms with Crippen molar-refractivity contribution in [3.8, 4) is 5.75 Å². The fraction of sp³-hybridized carbons (Fsp3) is 0.357. The molecule has 19 heavy (non-hydrogen) atoms. The van der Waals surface area contributed by atoms with Crippen molar-refractivity contribution in [3.05, 3.63) is 46.2 Å². The maximum atomic E-state index is 5.35. The van der Waals surface area contributed by atoms with Crippen molar-refractivity contribution in [2.75, 3.05) is 13.7 Å². The van der Waals surface area contributed by atoms with Crippen LogP contribution in [-0.4, -0.2) is 23.4 Å². The van der Waals surface area contributed by atoms with Crippen LogP contribution in [0, 0.1) is 0 Å². The van der Waals surface area contributed by atoms with E-state index >= 15 is 0 Å². The normalized spacial score (nSPS) is 10.7. The van der Waals surface area contributed by atoms with E-state index in [0.29, 0.717) is 0 Å². The summed E-state index contributed by atoms with van der Waals surface area (Å²) >= 11 is 3.48. The molecule has 0 amide bonds. The van der Waals surface area contributed by atoms with Gasteiger partial charge in [0.25, 0.3) is 0 Å². The molecule has 0 unspecified atom stereocenters. The first-order valence-corrected chi connectivity index (χ1v) is 7.00. The summed E-state index contributed by atoms with van der Waals surface area (Å²) < 4.78 is 8.32. The Balaban J connectivity index is 1.86. The third-order valence-corrected chi connectivity index (χ3v) is 3.53. The van der Waals surface area contributed by atoms with Crippen molar-refractivity contribution in [3.63, 3.8) is 0 Å². The van der Waals surface area contributed by atoms with Crippen molar-refractivity contribution in [2.24, 2.45) is 7.05 Å². The Morgan fingerprint density at radius 3 is 2.89 bits per heavy atom. The van der Waals surface area contributed by atoms with Crippen LogP contribution in [0.2, 0.25) is 0 Å². The van der Waals surface area contributed by atoms with Gasteiger partial charge in [0.1, 0.15) is 5.75 Å². The Hall–Kier alpha value is -1.33. The number of nitrogens with one attached hydrogen (secondary N) is 1. The predicted octanol–water partition coefficient (Wildman–Crippen LogP) is 2.52. The predicted molar refractivity (Wildman–Crippen MR) is 79.3 cm³/mol. The van der Waals surface area contributed by atoms with Gasteiger partial charge in [-0.05, 0) is 24.3 Å². The van der Waals surface area contributed by atoms with E-state index in [2.05, 4.69) is 32.4 Å². The molecule has 0 spiro atoms. The Morgan fingerprint density at radius 2 is 2.21 bits per heavy atom. The Bertz CT molecular complexity index is 539. The topological polar surface area (TPSA) is 39.1 Å². The van der Waals surface area contributed by atoms with Crippen LogP contribution in [0.15, 0.2) is 34.9 Å². The SMILES string of the molecule is COc1ccc(Br)cc1CNCCc1ccnn1C. The first kappa shape index (κ1) is 14.1. The number of ether oxygens (including phenoxy) is 1. The van der Waals surface area contributed by atoms with Gasteiger partial charge >= 0.3 is 0 Å². The molecular formula is C14H18BrN3O. The summed E-state index contributed by atoms with van der Waals surface area (Å²) in [4.78, 5) is 0. The van der Waals surface area contributed by atoms with Gasteiger partial charge < -0.3 is 10.1 Å². The summed E-state index contributed by atoms with van der Waals surface area (Å²) in [7, 11) is 3.66. The molecular weight excluding hydrogens is 306 g/mol. The van der Waals surface area contributed by atoms with Crippen LogP contribution in [0.5, 0.6) is 5.75 Å². The largest absolute Gasteiger partial charge is 0.496 e. The molecule has 2 rings (SSSR count). The van der Waals surface area contributed by atoms with Crippen molar-refractivity contribution >= 4 is 15.9 Å². The highest BCUT2D eigenvalue weighted by atomic mass is 79.9. The Kier molecular flexibility index (Phi) is 4.99. The molecule has 1 aromatic carbocycles. The van der Waals surface area contributed by atoms with E-state index < -0.39 is 0 Å². The van der Waals surface area contributed by atoms with Gasteiger partial charge in [-0.25, -0.2) is 0 Å². The van der Waals surface area contributed by atoms with Gasteiger partial charge in [-0.1, -0.05) is 15.9 Å². The number of methoxy groups -OCH3 is 1. The van der Waals surface area contributed by atoms with Gasteiger partial charge in [0.05, 0.1) is 7.11 Å². The van der Waals surface area contributed by atoms with Crippen LogP contribution < -0.4 is 10.1 Å². The standard InChI is InChI=1S/C14H18BrN3O/c1-18-13(6-8-17-18)5-7-16-10-11-9-12(15)3-4-14(11)19-2/h3-4,6,8-9,16H,5,7,10H2,1-2H3. The quantitative estimate of drug-likeness (QED) is 0.830. The molecule has 0 fully saturated rings. The second kappa shape index (κ2) is 6.73. The summed E-state index contributed by atoms with van der Waals surface area (Å²) in [6.07, 6.45) is 2.79. The smallest absolute Gasteiger partial charge is 0.123 e. The molecule has 4 nitrogen and oxygen atoms in total. The number of halogens is 1. The van der Waals surface area contributed by atoms with Gasteiger partial charge in [-0.15, -0.1) is 0 Å². The molecule has 1 N–H and O–H groups in total. The van der Waals surface area contributed by atoms with Crippen molar-refractivity contribution in [2.45, 2.75) is 13.0 Å². The van der Waals surface area contributed by atoms with Crippen molar-refractivity contribution in [1.82, 2.24) is 15.1 Å². The zero-order valence-electron chi connectivity index (χ0n) is 11.2. The molecule has 0 saturated heterocycles. The molecule has 2 aromatic rings. The van der Waals surface area contributed by atoms with E-state index in [1.54, 1.807) is 7.11 Å². The van der Waals surface area contributed by atoms with Gasteiger partial charge in [0.2, 0.25) is 0 Å². The summed E-state index contributed by atoms with van der Waals surface area (Å²) in [5.74, 6) is 0.913. The zero-order chi connectivity index (χ0) is 13.7. The minimum absolute atomic E-state index is 0.792. The second-order valence-electron chi connectivity index (χ2n) is 4.33. The third kappa shape index (κ3) is 3.81. The van der Waals surface area contributed by atoms with E-state index in [4.69, 9.17) is 4.74 Å². The van der Waals surface area contributed by atoms with Crippen LogP contribution in [0.3, 0.4) is 0 Å². The minimum Gasteiger partial charge on any atom is -0.496 e. The van der Waals surface area contributed by atoms with Crippen LogP contribution in [0.4, 0.5) is 0 Å². The van der Waals surface area contributed by atoms with E-state index in [-0.39, 0.29) is 0 Å². The number of aromatic nitrogens is 2. The highest BCUT2D eigenvalue weighted by molar-refractivity contribution is 9.10. The highest BCUT2D eigenvalue weighted by Crippen LogP contribution is 2.22. The molecule has 0 radical (unpaired) electrons. The van der Waals surface area contributed by atoms with Gasteiger partial charge in [0, 0.05) is 48.5 Å². The van der Waals surface area contributed by atoms with Crippen molar-refractivity contribution in [1.29, 1.82) is 0 Å². The number of nitrogens with zero attached hydrogens (tertiary/aromatic N) is 2. The van der Waals surface area contributed by atoms with Crippen LogP contribution in [-0.2, 0) is 20.0 Å². The lowest BCUT2D eigenvalue weighted by atomic mass is 10.2. The number of hydrogen-bond donors (Lipinski definition) is 1. The number of rotatable bonds is 6. The van der Waals surface area contributed by atoms with Gasteiger partial charge in [-0.3, -0.25) is 4.68 Å². The second-order valence-corrected chi connectivity index (χ2v) is 5.24. The fourth-order valence-corrected chi connectivity index (χ4v) is 2.38. The lowest BCUT2D eigenvalue weighted by molar-refractivity contribution is 0.407. The van der Waals surface area contributed by atoms with Crippen LogP contribution >= 0.6 is 15.9 Å². The number of benzene rings is 1. The molecule has 5 heteroatoms. The first-order valence-electron chi connectivity index (χ1n) is 6.20. The van der Waals surface area contributed by atoms with Crippen LogP contribution in [0.25, 0.3) is 0 Å². The fourth-order valence-electron chi connectivity index (χ4n) is 1.97. The summed E-state index contributed by atoms with van der Waals surface area (Å²) in [6, 6.07) is 8.08. The maximum Gasteiger partial charge on any atom is 0.123 e. The molecule has 0 aliphatic carbocycles. The molecule has 0 bridgehead atoms. The first-order chi connectivity index (χ1) is 9.20. The van der Waals surface area contributed by atoms with E-state index in [1.165, 1.54) is 5.69 Å². The summed E-state index contributed by atoms with van der Waals surface area (Å²) in [5, 5.41) is 7.58. The minimum atomic E-state index is 0.792. The van der Waals surface area contributed by atoms with Gasteiger partial charge in [-0.2, -0.15) is 5.10 Å². The summed E-state index contributed by atoms with van der Waals surface area (Å²) in [6.45, 7) is 1.70. The van der Waals surface area contributed by atoms with Crippen LogP contribution in [0.1, 0.15) is 11.3 Å². The lowest BCUT2D eigenvalue weighted by Crippen LogP contribution is -2.18. The average molecular weight is 324 g/mol. The monoisotopic (exact) mass is 323 g/mol. The van der Waals surface area contributed by atoms with E-state index in [0.717, 1.165) is 35.3 Å². The molecule has 0 aliphatic rings. The van der Waals surface area contributed by atoms with Gasteiger partial charge in [0.15, 0.2) is 0 Å². The molecule has 0 aliphatic heterocycles. The average Bonchev–Trinajstić information content (AvgIpc) is 2.80.